The normalized spacial score (nSPS) is 17.1. The molecule has 1 aliphatic rings. The fourth-order valence-corrected chi connectivity index (χ4v) is 4.23. The molecule has 0 amide bonds. The Morgan fingerprint density at radius 3 is 2.72 bits per heavy atom. The Morgan fingerprint density at radius 1 is 0.897 bits per heavy atom. The largest absolute Gasteiger partial charge is 0.355 e. The molecule has 1 unspecified atom stereocenters. The maximum Gasteiger partial charge on any atom is 0.171 e. The minimum absolute atomic E-state index is 0.0497. The summed E-state index contributed by atoms with van der Waals surface area (Å²) in [4.78, 5) is 14.3. The molecule has 4 aromatic rings. The minimum Gasteiger partial charge on any atom is -0.355 e. The number of thioether (sulfide) groups is 1. The average Bonchev–Trinajstić information content (AvgIpc) is 3.21. The van der Waals surface area contributed by atoms with Gasteiger partial charge in [-0.1, -0.05) is 42.1 Å². The van der Waals surface area contributed by atoms with Crippen molar-refractivity contribution in [2.24, 2.45) is 4.99 Å². The molecule has 0 aliphatic carbocycles. The molecule has 1 atom stereocenters. The number of hydrogen-bond acceptors (Lipinski definition) is 5. The number of fused-ring (bicyclic) bond motifs is 1. The molecule has 2 aromatic carbocycles. The number of benzene rings is 2. The van der Waals surface area contributed by atoms with Crippen molar-refractivity contribution in [3.8, 4) is 11.1 Å². The van der Waals surface area contributed by atoms with Gasteiger partial charge in [-0.2, -0.15) is 0 Å². The maximum atomic E-state index is 4.64. The lowest BCUT2D eigenvalue weighted by Gasteiger charge is -2.15. The molecule has 0 bridgehead atoms. The van der Waals surface area contributed by atoms with E-state index in [1.165, 1.54) is 0 Å². The highest BCUT2D eigenvalue weighted by atomic mass is 32.2. The van der Waals surface area contributed by atoms with E-state index in [-0.39, 0.29) is 5.50 Å². The smallest absolute Gasteiger partial charge is 0.171 e. The van der Waals surface area contributed by atoms with E-state index < -0.39 is 0 Å². The number of pyridine rings is 2. The van der Waals surface area contributed by atoms with E-state index in [1.54, 1.807) is 11.8 Å². The van der Waals surface area contributed by atoms with E-state index in [1.807, 2.05) is 55.1 Å². The van der Waals surface area contributed by atoms with Crippen LogP contribution in [0.25, 0.3) is 28.1 Å². The van der Waals surface area contributed by atoms with Crippen LogP contribution in [0.2, 0.25) is 0 Å². The number of nitrogens with one attached hydrogen (secondary N) is 1. The number of aliphatic imine (C=N–C) groups is 1. The topological polar surface area (TPSA) is 50.2 Å². The zero-order valence-electron chi connectivity index (χ0n) is 15.6. The molecular formula is C24H18N4S. The van der Waals surface area contributed by atoms with Gasteiger partial charge in [-0.15, -0.1) is 0 Å². The molecule has 4 nitrogen and oxygen atoms in total. The maximum absolute atomic E-state index is 4.64. The summed E-state index contributed by atoms with van der Waals surface area (Å²) in [5.41, 5.74) is 5.45. The number of anilines is 1. The van der Waals surface area contributed by atoms with E-state index in [0.29, 0.717) is 0 Å². The Bertz CT molecular complexity index is 1220. The van der Waals surface area contributed by atoms with Gasteiger partial charge in [0.2, 0.25) is 0 Å². The summed E-state index contributed by atoms with van der Waals surface area (Å²) in [5, 5.41) is 4.69. The van der Waals surface area contributed by atoms with Crippen LogP contribution in [0.3, 0.4) is 0 Å². The van der Waals surface area contributed by atoms with Gasteiger partial charge in [0, 0.05) is 46.3 Å². The van der Waals surface area contributed by atoms with Crippen LogP contribution in [0.5, 0.6) is 0 Å². The first-order valence-electron chi connectivity index (χ1n) is 9.37. The summed E-state index contributed by atoms with van der Waals surface area (Å²) in [6.45, 7) is 0. The van der Waals surface area contributed by atoms with Gasteiger partial charge in [0.1, 0.15) is 0 Å². The van der Waals surface area contributed by atoms with Crippen molar-refractivity contribution in [2.75, 3.05) is 5.32 Å². The molecule has 1 N–H and O–H groups in total. The van der Waals surface area contributed by atoms with Gasteiger partial charge in [-0.3, -0.25) is 15.0 Å². The lowest BCUT2D eigenvalue weighted by atomic mass is 10.1. The number of aromatic nitrogens is 2. The quantitative estimate of drug-likeness (QED) is 0.472. The molecule has 0 saturated heterocycles. The van der Waals surface area contributed by atoms with Crippen molar-refractivity contribution in [1.29, 1.82) is 0 Å². The van der Waals surface area contributed by atoms with Crippen molar-refractivity contribution in [1.82, 2.24) is 9.97 Å². The second kappa shape index (κ2) is 7.89. The van der Waals surface area contributed by atoms with Crippen molar-refractivity contribution in [3.63, 3.8) is 0 Å². The highest BCUT2D eigenvalue weighted by Gasteiger charge is 2.17. The predicted octanol–water partition coefficient (Wildman–Crippen LogP) is 5.85. The Balaban J connectivity index is 1.34. The van der Waals surface area contributed by atoms with Crippen molar-refractivity contribution >= 4 is 40.6 Å². The molecule has 29 heavy (non-hydrogen) atoms. The summed E-state index contributed by atoms with van der Waals surface area (Å²) in [5.74, 6) is 0. The van der Waals surface area contributed by atoms with Crippen LogP contribution in [0.1, 0.15) is 5.56 Å². The van der Waals surface area contributed by atoms with Gasteiger partial charge in [0.15, 0.2) is 5.50 Å². The molecule has 3 heterocycles. The first-order valence-corrected chi connectivity index (χ1v) is 10.3. The predicted molar refractivity (Wildman–Crippen MR) is 123 cm³/mol. The van der Waals surface area contributed by atoms with E-state index in [9.17, 15) is 0 Å². The SMILES string of the molecule is C1=NC(Nc2ccccc2-c2ccncc2)S/C1=C\c1ccc2ncccc2c1. The van der Waals surface area contributed by atoms with Crippen molar-refractivity contribution in [3.05, 3.63) is 95.8 Å². The second-order valence-electron chi connectivity index (χ2n) is 6.68. The molecule has 140 valence electrons. The zero-order chi connectivity index (χ0) is 19.5. The standard InChI is InChI=1S/C24H18N4S/c1-2-6-23(21(5-1)18-9-12-25-13-10-18)28-24-27-16-20(29-24)15-17-7-8-22-19(14-17)4-3-11-26-22/h1-16,24,28H/b20-15-. The number of allylic oxidation sites excluding steroid dienone is 1. The average molecular weight is 395 g/mol. The van der Waals surface area contributed by atoms with Crippen LogP contribution in [-0.2, 0) is 0 Å². The molecule has 0 spiro atoms. The van der Waals surface area contributed by atoms with E-state index in [4.69, 9.17) is 0 Å². The summed E-state index contributed by atoms with van der Waals surface area (Å²) >= 11 is 1.71. The highest BCUT2D eigenvalue weighted by Crippen LogP contribution is 2.34. The zero-order valence-corrected chi connectivity index (χ0v) is 16.4. The Morgan fingerprint density at radius 2 is 1.79 bits per heavy atom. The summed E-state index contributed by atoms with van der Waals surface area (Å²) < 4.78 is 0. The monoisotopic (exact) mass is 394 g/mol. The van der Waals surface area contributed by atoms with Gasteiger partial charge in [-0.25, -0.2) is 0 Å². The third-order valence-electron chi connectivity index (χ3n) is 4.72. The van der Waals surface area contributed by atoms with Crippen molar-refractivity contribution < 1.29 is 0 Å². The first-order chi connectivity index (χ1) is 14.3. The minimum atomic E-state index is -0.0497. The number of para-hydroxylation sites is 1. The molecule has 0 saturated carbocycles. The third-order valence-corrected chi connectivity index (χ3v) is 5.68. The second-order valence-corrected chi connectivity index (χ2v) is 7.83. The highest BCUT2D eigenvalue weighted by molar-refractivity contribution is 8.05. The molecular weight excluding hydrogens is 376 g/mol. The summed E-state index contributed by atoms with van der Waals surface area (Å²) in [6, 6.07) is 22.7. The Labute approximate surface area is 173 Å². The first kappa shape index (κ1) is 17.6. The van der Waals surface area contributed by atoms with Crippen LogP contribution in [-0.4, -0.2) is 21.7 Å². The van der Waals surface area contributed by atoms with Gasteiger partial charge in [0.25, 0.3) is 0 Å². The Hall–Kier alpha value is -3.44. The fourth-order valence-electron chi connectivity index (χ4n) is 3.34. The van der Waals surface area contributed by atoms with Gasteiger partial charge in [-0.05, 0) is 53.6 Å². The lowest BCUT2D eigenvalue weighted by molar-refractivity contribution is 1.08. The molecule has 1 aliphatic heterocycles. The van der Waals surface area contributed by atoms with Crippen molar-refractivity contribution in [2.45, 2.75) is 5.50 Å². The van der Waals surface area contributed by atoms with E-state index in [2.05, 4.69) is 62.8 Å². The van der Waals surface area contributed by atoms with Crippen LogP contribution in [0.4, 0.5) is 5.69 Å². The van der Waals surface area contributed by atoms with E-state index in [0.717, 1.165) is 38.2 Å². The molecule has 5 heteroatoms. The molecule has 0 fully saturated rings. The lowest BCUT2D eigenvalue weighted by Crippen LogP contribution is -2.10. The fraction of sp³-hybridized carbons (Fsp3) is 0.0417. The number of nitrogens with zero attached hydrogens (tertiary/aromatic N) is 3. The van der Waals surface area contributed by atoms with Gasteiger partial charge < -0.3 is 5.32 Å². The van der Waals surface area contributed by atoms with Gasteiger partial charge in [0.05, 0.1) is 5.52 Å². The van der Waals surface area contributed by atoms with Crippen LogP contribution < -0.4 is 5.32 Å². The summed E-state index contributed by atoms with van der Waals surface area (Å²) in [6.07, 6.45) is 9.55. The number of rotatable bonds is 4. The molecule has 0 radical (unpaired) electrons. The molecule has 2 aromatic heterocycles. The van der Waals surface area contributed by atoms with Crippen LogP contribution >= 0.6 is 11.8 Å². The van der Waals surface area contributed by atoms with Crippen LogP contribution in [0, 0.1) is 0 Å². The van der Waals surface area contributed by atoms with E-state index >= 15 is 0 Å². The molecule has 5 rings (SSSR count). The van der Waals surface area contributed by atoms with Crippen LogP contribution in [0.15, 0.2) is 95.2 Å². The third kappa shape index (κ3) is 3.91. The Kier molecular flexibility index (Phi) is 4.80. The summed E-state index contributed by atoms with van der Waals surface area (Å²) in [7, 11) is 0. The van der Waals surface area contributed by atoms with Gasteiger partial charge >= 0.3 is 0 Å². The number of hydrogen-bond donors (Lipinski definition) is 1.